The first-order valence-electron chi connectivity index (χ1n) is 10.00. The van der Waals surface area contributed by atoms with Gasteiger partial charge in [-0.15, -0.1) is 0 Å². The van der Waals surface area contributed by atoms with Crippen LogP contribution in [0.4, 0.5) is 4.39 Å². The summed E-state index contributed by atoms with van der Waals surface area (Å²) in [5, 5.41) is 9.34. The topological polar surface area (TPSA) is 68.3 Å². The molecule has 4 nitrogen and oxygen atoms in total. The lowest BCUT2D eigenvalue weighted by Gasteiger charge is -2.31. The van der Waals surface area contributed by atoms with Gasteiger partial charge in [0.1, 0.15) is 11.6 Å². The van der Waals surface area contributed by atoms with Gasteiger partial charge in [0.2, 0.25) is 0 Å². The monoisotopic (exact) mass is 392 g/mol. The summed E-state index contributed by atoms with van der Waals surface area (Å²) in [5.74, 6) is 0.433. The zero-order valence-electron chi connectivity index (χ0n) is 16.7. The van der Waals surface area contributed by atoms with Crippen molar-refractivity contribution in [3.05, 3.63) is 71.0 Å². The first-order chi connectivity index (χ1) is 13.9. The molecule has 0 radical (unpaired) electrons. The largest absolute Gasteiger partial charge is 0.490 e. The normalized spacial score (nSPS) is 26.0. The number of nitrogens with two attached hydrogens (primary N) is 1. The minimum absolute atomic E-state index is 0.0189. The average Bonchev–Trinajstić information content (AvgIpc) is 3.26. The summed E-state index contributed by atoms with van der Waals surface area (Å²) in [5.41, 5.74) is 9.38. The molecule has 150 valence electrons. The summed E-state index contributed by atoms with van der Waals surface area (Å²) in [6.45, 7) is 4.38. The SMILES string of the molecule is CC(C)Oc1ccc(C#N)cc1C1=C[C@@]2(CC[C@H](N)[C@@H]2c2ccc(F)cc2)OC1. The predicted octanol–water partition coefficient (Wildman–Crippen LogP) is 4.54. The summed E-state index contributed by atoms with van der Waals surface area (Å²) >= 11 is 0. The second-order valence-corrected chi connectivity index (χ2v) is 8.13. The maximum absolute atomic E-state index is 13.4. The van der Waals surface area contributed by atoms with Crippen molar-refractivity contribution in [2.45, 2.75) is 50.4 Å². The number of rotatable bonds is 4. The van der Waals surface area contributed by atoms with E-state index in [1.54, 1.807) is 18.2 Å². The van der Waals surface area contributed by atoms with Crippen LogP contribution in [-0.4, -0.2) is 24.4 Å². The molecule has 1 heterocycles. The highest BCUT2D eigenvalue weighted by Crippen LogP contribution is 2.50. The van der Waals surface area contributed by atoms with Crippen LogP contribution in [0.3, 0.4) is 0 Å². The van der Waals surface area contributed by atoms with E-state index in [0.29, 0.717) is 12.2 Å². The molecule has 2 N–H and O–H groups in total. The first kappa shape index (κ1) is 19.6. The van der Waals surface area contributed by atoms with Crippen molar-refractivity contribution < 1.29 is 13.9 Å². The third kappa shape index (κ3) is 3.66. The quantitative estimate of drug-likeness (QED) is 0.829. The number of ether oxygens (including phenoxy) is 2. The van der Waals surface area contributed by atoms with Crippen molar-refractivity contribution in [1.82, 2.24) is 0 Å². The number of halogens is 1. The summed E-state index contributed by atoms with van der Waals surface area (Å²) in [7, 11) is 0. The fourth-order valence-electron chi connectivity index (χ4n) is 4.55. The summed E-state index contributed by atoms with van der Waals surface area (Å²) in [6, 6.07) is 14.1. The van der Waals surface area contributed by atoms with Gasteiger partial charge in [-0.05, 0) is 74.2 Å². The van der Waals surface area contributed by atoms with Crippen LogP contribution in [0, 0.1) is 17.1 Å². The molecule has 1 saturated carbocycles. The highest BCUT2D eigenvalue weighted by molar-refractivity contribution is 5.75. The van der Waals surface area contributed by atoms with E-state index in [0.717, 1.165) is 35.3 Å². The van der Waals surface area contributed by atoms with Gasteiger partial charge < -0.3 is 15.2 Å². The Bertz CT molecular complexity index is 977. The Hall–Kier alpha value is -2.68. The molecule has 2 aromatic carbocycles. The molecule has 2 aromatic rings. The summed E-state index contributed by atoms with van der Waals surface area (Å²) in [4.78, 5) is 0. The highest BCUT2D eigenvalue weighted by Gasteiger charge is 2.50. The van der Waals surface area contributed by atoms with Crippen LogP contribution in [-0.2, 0) is 4.74 Å². The third-order valence-electron chi connectivity index (χ3n) is 5.78. The molecule has 0 bridgehead atoms. The number of hydrogen-bond acceptors (Lipinski definition) is 4. The molecule has 5 heteroatoms. The van der Waals surface area contributed by atoms with Crippen LogP contribution < -0.4 is 10.5 Å². The van der Waals surface area contributed by atoms with Gasteiger partial charge in [-0.25, -0.2) is 4.39 Å². The average molecular weight is 392 g/mol. The Balaban J connectivity index is 1.75. The number of benzene rings is 2. The van der Waals surface area contributed by atoms with Gasteiger partial charge >= 0.3 is 0 Å². The molecule has 1 spiro atoms. The molecule has 2 aliphatic rings. The Morgan fingerprint density at radius 1 is 1.24 bits per heavy atom. The van der Waals surface area contributed by atoms with E-state index in [2.05, 4.69) is 12.1 Å². The van der Waals surface area contributed by atoms with Crippen LogP contribution in [0.15, 0.2) is 48.5 Å². The lowest BCUT2D eigenvalue weighted by Crippen LogP contribution is -2.37. The Morgan fingerprint density at radius 3 is 2.69 bits per heavy atom. The van der Waals surface area contributed by atoms with E-state index in [-0.39, 0.29) is 23.9 Å². The predicted molar refractivity (Wildman–Crippen MR) is 110 cm³/mol. The van der Waals surface area contributed by atoms with E-state index in [1.807, 2.05) is 26.0 Å². The van der Waals surface area contributed by atoms with E-state index < -0.39 is 5.60 Å². The molecular weight excluding hydrogens is 367 g/mol. The fraction of sp³-hybridized carbons (Fsp3) is 0.375. The van der Waals surface area contributed by atoms with Crippen molar-refractivity contribution in [1.29, 1.82) is 5.26 Å². The molecule has 0 amide bonds. The van der Waals surface area contributed by atoms with E-state index >= 15 is 0 Å². The molecule has 0 unspecified atom stereocenters. The summed E-state index contributed by atoms with van der Waals surface area (Å²) in [6.07, 6.45) is 3.81. The van der Waals surface area contributed by atoms with Crippen molar-refractivity contribution in [3.63, 3.8) is 0 Å². The molecule has 1 fully saturated rings. The third-order valence-corrected chi connectivity index (χ3v) is 5.78. The van der Waals surface area contributed by atoms with E-state index in [1.165, 1.54) is 12.1 Å². The fourth-order valence-corrected chi connectivity index (χ4v) is 4.55. The number of hydrogen-bond donors (Lipinski definition) is 1. The maximum atomic E-state index is 13.4. The van der Waals surface area contributed by atoms with Crippen molar-refractivity contribution in [2.24, 2.45) is 5.73 Å². The highest BCUT2D eigenvalue weighted by atomic mass is 19.1. The van der Waals surface area contributed by atoms with E-state index in [9.17, 15) is 9.65 Å². The first-order valence-corrected chi connectivity index (χ1v) is 10.00. The lowest BCUT2D eigenvalue weighted by molar-refractivity contribution is 0.0177. The lowest BCUT2D eigenvalue weighted by atomic mass is 9.82. The van der Waals surface area contributed by atoms with Gasteiger partial charge in [0.25, 0.3) is 0 Å². The van der Waals surface area contributed by atoms with Crippen molar-refractivity contribution in [2.75, 3.05) is 6.61 Å². The van der Waals surface area contributed by atoms with E-state index in [4.69, 9.17) is 15.2 Å². The van der Waals surface area contributed by atoms with Crippen molar-refractivity contribution in [3.8, 4) is 11.8 Å². The minimum atomic E-state index is -0.523. The smallest absolute Gasteiger partial charge is 0.127 e. The summed E-state index contributed by atoms with van der Waals surface area (Å²) < 4.78 is 25.8. The zero-order chi connectivity index (χ0) is 20.6. The second kappa shape index (κ2) is 7.62. The van der Waals surface area contributed by atoms with Gasteiger partial charge in [0, 0.05) is 17.5 Å². The zero-order valence-corrected chi connectivity index (χ0v) is 16.7. The van der Waals surface area contributed by atoms with Crippen LogP contribution in [0.1, 0.15) is 49.3 Å². The van der Waals surface area contributed by atoms with Gasteiger partial charge in [-0.1, -0.05) is 12.1 Å². The van der Waals surface area contributed by atoms with Gasteiger partial charge in [-0.2, -0.15) is 5.26 Å². The molecule has 29 heavy (non-hydrogen) atoms. The van der Waals surface area contributed by atoms with Crippen molar-refractivity contribution >= 4 is 5.57 Å². The molecule has 0 aromatic heterocycles. The molecule has 0 saturated heterocycles. The van der Waals surface area contributed by atoms with Gasteiger partial charge in [-0.3, -0.25) is 0 Å². The second-order valence-electron chi connectivity index (χ2n) is 8.13. The molecule has 1 aliphatic carbocycles. The molecular formula is C24H25FN2O2. The standard InChI is InChI=1S/C24H25FN2O2/c1-15(2)29-22-8-3-16(13-26)11-20(22)18-12-24(28-14-18)10-9-21(27)23(24)17-4-6-19(25)7-5-17/h3-8,11-12,15,21,23H,9-10,14,27H2,1-2H3/t21-,23-,24+/m0/s1. The molecule has 3 atom stereocenters. The van der Waals surface area contributed by atoms with Gasteiger partial charge in [0.15, 0.2) is 0 Å². The number of nitrogens with zero attached hydrogens (tertiary/aromatic N) is 1. The molecule has 1 aliphatic heterocycles. The van der Waals surface area contributed by atoms with Crippen LogP contribution in [0.5, 0.6) is 5.75 Å². The Kier molecular flexibility index (Phi) is 5.16. The Morgan fingerprint density at radius 2 is 2.00 bits per heavy atom. The van der Waals surface area contributed by atoms with Crippen LogP contribution >= 0.6 is 0 Å². The van der Waals surface area contributed by atoms with Crippen LogP contribution in [0.2, 0.25) is 0 Å². The minimum Gasteiger partial charge on any atom is -0.490 e. The van der Waals surface area contributed by atoms with Crippen LogP contribution in [0.25, 0.3) is 5.57 Å². The molecule has 4 rings (SSSR count). The Labute approximate surface area is 170 Å². The van der Waals surface area contributed by atoms with Gasteiger partial charge in [0.05, 0.1) is 29.9 Å². The number of nitriles is 1. The maximum Gasteiger partial charge on any atom is 0.127 e.